The quantitative estimate of drug-likeness (QED) is 0.319. The monoisotopic (exact) mass is 351 g/mol. The van der Waals surface area contributed by atoms with E-state index in [1.54, 1.807) is 0 Å². The number of hydrogen-bond donors (Lipinski definition) is 0. The number of nitroso groups, excluding NO2 is 1. The lowest BCUT2D eigenvalue weighted by molar-refractivity contribution is 0.549. The highest BCUT2D eigenvalue weighted by atomic mass is 16.3. The number of rotatable bonds is 2. The van der Waals surface area contributed by atoms with Crippen LogP contribution in [0.1, 0.15) is 36.1 Å². The third-order valence-electron chi connectivity index (χ3n) is 6.03. The molecule has 0 aliphatic heterocycles. The van der Waals surface area contributed by atoms with E-state index < -0.39 is 5.54 Å². The minimum atomic E-state index is -0.750. The summed E-state index contributed by atoms with van der Waals surface area (Å²) >= 11 is 0. The Morgan fingerprint density at radius 1 is 0.815 bits per heavy atom. The summed E-state index contributed by atoms with van der Waals surface area (Å²) in [6.07, 6.45) is 0.862. The maximum Gasteiger partial charge on any atom is 0.122 e. The molecule has 27 heavy (non-hydrogen) atoms. The Bertz CT molecular complexity index is 1250. The molecule has 1 aliphatic carbocycles. The van der Waals surface area contributed by atoms with Gasteiger partial charge in [-0.2, -0.15) is 0 Å². The highest BCUT2D eigenvalue weighted by molar-refractivity contribution is 6.10. The number of benzene rings is 4. The van der Waals surface area contributed by atoms with Gasteiger partial charge in [0.25, 0.3) is 0 Å². The van der Waals surface area contributed by atoms with Gasteiger partial charge >= 0.3 is 0 Å². The van der Waals surface area contributed by atoms with Gasteiger partial charge in [0.1, 0.15) is 5.54 Å². The molecule has 2 nitrogen and oxygen atoms in total. The molecule has 0 saturated carbocycles. The molecule has 0 heterocycles. The summed E-state index contributed by atoms with van der Waals surface area (Å²) in [6, 6.07) is 21.5. The van der Waals surface area contributed by atoms with E-state index in [0.717, 1.165) is 12.0 Å². The molecule has 0 saturated heterocycles. The van der Waals surface area contributed by atoms with Crippen molar-refractivity contribution in [3.63, 3.8) is 0 Å². The molecule has 2 heteroatoms. The Morgan fingerprint density at radius 2 is 1.37 bits per heavy atom. The zero-order valence-corrected chi connectivity index (χ0v) is 15.8. The topological polar surface area (TPSA) is 29.4 Å². The Morgan fingerprint density at radius 3 is 2.00 bits per heavy atom. The van der Waals surface area contributed by atoms with E-state index in [1.165, 1.54) is 49.4 Å². The van der Waals surface area contributed by atoms with Gasteiger partial charge in [-0.25, -0.2) is 0 Å². The van der Waals surface area contributed by atoms with Crippen LogP contribution in [0.2, 0.25) is 0 Å². The third kappa shape index (κ3) is 2.19. The summed E-state index contributed by atoms with van der Waals surface area (Å²) in [7, 11) is 0. The first-order valence-electron chi connectivity index (χ1n) is 9.42. The predicted octanol–water partition coefficient (Wildman–Crippen LogP) is 6.87. The molecular weight excluding hydrogens is 330 g/mol. The van der Waals surface area contributed by atoms with Crippen LogP contribution < -0.4 is 0 Å². The first-order chi connectivity index (χ1) is 13.0. The first kappa shape index (κ1) is 16.2. The van der Waals surface area contributed by atoms with Crippen molar-refractivity contribution in [1.29, 1.82) is 0 Å². The Kier molecular flexibility index (Phi) is 3.30. The smallest absolute Gasteiger partial charge is 0.122 e. The summed E-state index contributed by atoms with van der Waals surface area (Å²) < 4.78 is 0. The molecular formula is C25H21NO. The van der Waals surface area contributed by atoms with E-state index in [9.17, 15) is 4.91 Å². The fraction of sp³-hybridized carbons (Fsp3) is 0.200. The third-order valence-corrected chi connectivity index (χ3v) is 6.03. The van der Waals surface area contributed by atoms with Crippen molar-refractivity contribution in [2.24, 2.45) is 5.18 Å². The van der Waals surface area contributed by atoms with Crippen LogP contribution in [-0.2, 0) is 12.0 Å². The minimum absolute atomic E-state index is 0.750. The average molecular weight is 351 g/mol. The van der Waals surface area contributed by atoms with Gasteiger partial charge in [0.05, 0.1) is 0 Å². The molecule has 4 aromatic carbocycles. The van der Waals surface area contributed by atoms with Crippen LogP contribution in [0.3, 0.4) is 0 Å². The maximum absolute atomic E-state index is 11.7. The first-order valence-corrected chi connectivity index (χ1v) is 9.42. The van der Waals surface area contributed by atoms with E-state index >= 15 is 0 Å². The number of aryl methyl sites for hydroxylation is 1. The second-order valence-electron chi connectivity index (χ2n) is 8.09. The lowest BCUT2D eigenvalue weighted by Gasteiger charge is -2.21. The van der Waals surface area contributed by atoms with E-state index in [4.69, 9.17) is 0 Å². The average Bonchev–Trinajstić information content (AvgIpc) is 3.09. The minimum Gasteiger partial charge on any atom is -0.150 e. The van der Waals surface area contributed by atoms with Gasteiger partial charge in [0.15, 0.2) is 0 Å². The van der Waals surface area contributed by atoms with Gasteiger partial charge in [-0.1, -0.05) is 59.8 Å². The molecule has 0 atom stereocenters. The van der Waals surface area contributed by atoms with Gasteiger partial charge in [0, 0.05) is 0 Å². The molecule has 0 spiro atoms. The molecule has 0 amide bonds. The van der Waals surface area contributed by atoms with Gasteiger partial charge < -0.3 is 0 Å². The van der Waals surface area contributed by atoms with E-state index in [-0.39, 0.29) is 0 Å². The molecule has 0 radical (unpaired) electrons. The standard InChI is InChI=1S/C25H21NO/c1-15-12-16-8-4-6-10-18(16)23-20(15)14-21-22(25(2,3)26-27)13-17-9-5-7-11-19(17)24(21)23/h4-13H,14H2,1-3H3. The Labute approximate surface area is 158 Å². The molecule has 0 fully saturated rings. The maximum atomic E-state index is 11.7. The van der Waals surface area contributed by atoms with Crippen molar-refractivity contribution in [2.45, 2.75) is 32.7 Å². The summed E-state index contributed by atoms with van der Waals surface area (Å²) in [5, 5.41) is 8.45. The van der Waals surface area contributed by atoms with Gasteiger partial charge in [-0.15, -0.1) is 4.91 Å². The summed E-state index contributed by atoms with van der Waals surface area (Å²) in [5.41, 5.74) is 6.86. The fourth-order valence-corrected chi connectivity index (χ4v) is 4.68. The second kappa shape index (κ2) is 5.50. The van der Waals surface area contributed by atoms with Crippen molar-refractivity contribution in [2.75, 3.05) is 0 Å². The molecule has 0 aromatic heterocycles. The number of fused-ring (bicyclic) bond motifs is 7. The van der Waals surface area contributed by atoms with Gasteiger partial charge in [-0.3, -0.25) is 0 Å². The van der Waals surface area contributed by atoms with Crippen LogP contribution in [0, 0.1) is 11.8 Å². The molecule has 4 aromatic rings. The summed E-state index contributed by atoms with van der Waals surface area (Å²) in [4.78, 5) is 11.7. The Balaban J connectivity index is 2.01. The zero-order valence-electron chi connectivity index (χ0n) is 15.8. The lowest BCUT2D eigenvalue weighted by atomic mass is 9.85. The van der Waals surface area contributed by atoms with Crippen molar-refractivity contribution in [3.8, 4) is 11.1 Å². The number of nitrogens with zero attached hydrogens (tertiary/aromatic N) is 1. The van der Waals surface area contributed by atoms with E-state index in [1.807, 2.05) is 13.8 Å². The van der Waals surface area contributed by atoms with Crippen LogP contribution in [0.25, 0.3) is 32.7 Å². The van der Waals surface area contributed by atoms with Crippen LogP contribution in [0.15, 0.2) is 65.8 Å². The highest BCUT2D eigenvalue weighted by Crippen LogP contribution is 2.49. The summed E-state index contributed by atoms with van der Waals surface area (Å²) in [6.45, 7) is 6.03. The highest BCUT2D eigenvalue weighted by Gasteiger charge is 2.33. The van der Waals surface area contributed by atoms with Crippen molar-refractivity contribution >= 4 is 21.5 Å². The molecule has 0 bridgehead atoms. The van der Waals surface area contributed by atoms with Crippen molar-refractivity contribution in [1.82, 2.24) is 0 Å². The van der Waals surface area contributed by atoms with E-state index in [2.05, 4.69) is 72.8 Å². The zero-order chi connectivity index (χ0) is 18.8. The van der Waals surface area contributed by atoms with Gasteiger partial charge in [0.2, 0.25) is 0 Å². The van der Waals surface area contributed by atoms with Crippen LogP contribution in [0.5, 0.6) is 0 Å². The Hall–Kier alpha value is -3.00. The van der Waals surface area contributed by atoms with Crippen LogP contribution in [-0.4, -0.2) is 0 Å². The van der Waals surface area contributed by atoms with E-state index in [0.29, 0.717) is 0 Å². The molecule has 0 unspecified atom stereocenters. The molecule has 0 N–H and O–H groups in total. The lowest BCUT2D eigenvalue weighted by Crippen LogP contribution is -2.15. The van der Waals surface area contributed by atoms with Gasteiger partial charge in [-0.05, 0) is 88.2 Å². The SMILES string of the molecule is Cc1cc2ccccc2c2c1Cc1c(C(C)(C)N=O)cc3ccccc3c1-2. The van der Waals surface area contributed by atoms with Crippen LogP contribution >= 0.6 is 0 Å². The molecule has 5 rings (SSSR count). The largest absolute Gasteiger partial charge is 0.150 e. The molecule has 1 aliphatic rings. The van der Waals surface area contributed by atoms with Crippen LogP contribution in [0.4, 0.5) is 0 Å². The predicted molar refractivity (Wildman–Crippen MR) is 113 cm³/mol. The number of hydrogen-bond acceptors (Lipinski definition) is 2. The van der Waals surface area contributed by atoms with Crippen molar-refractivity contribution in [3.05, 3.63) is 87.8 Å². The van der Waals surface area contributed by atoms with Crippen molar-refractivity contribution < 1.29 is 0 Å². The normalized spacial score (nSPS) is 13.0. The molecule has 132 valence electrons. The summed E-state index contributed by atoms with van der Waals surface area (Å²) in [5.74, 6) is 0. The second-order valence-corrected chi connectivity index (χ2v) is 8.09. The fourth-order valence-electron chi connectivity index (χ4n) is 4.68.